The van der Waals surface area contributed by atoms with Crippen molar-refractivity contribution in [1.29, 1.82) is 0 Å². The third-order valence-corrected chi connectivity index (χ3v) is 5.19. The highest BCUT2D eigenvalue weighted by molar-refractivity contribution is 5.72. The molecule has 0 fully saturated rings. The van der Waals surface area contributed by atoms with Crippen molar-refractivity contribution in [3.63, 3.8) is 0 Å². The van der Waals surface area contributed by atoms with Crippen LogP contribution < -0.4 is 0 Å². The van der Waals surface area contributed by atoms with E-state index < -0.39 is 52.3 Å². The fraction of sp³-hybridized carbons (Fsp3) is 0.308. The van der Waals surface area contributed by atoms with Crippen LogP contribution in [0.1, 0.15) is 32.1 Å². The summed E-state index contributed by atoms with van der Waals surface area (Å²) in [6.45, 7) is 5.07. The highest BCUT2D eigenvalue weighted by atomic mass is 19.2. The summed E-state index contributed by atoms with van der Waals surface area (Å²) in [6, 6.07) is 6.06. The molecule has 0 spiro atoms. The van der Waals surface area contributed by atoms with Gasteiger partial charge in [-0.2, -0.15) is 0 Å². The second-order valence-electron chi connectivity index (χ2n) is 8.17. The average molecular weight is 498 g/mol. The lowest BCUT2D eigenvalue weighted by Crippen LogP contribution is -2.16. The molecule has 0 saturated carbocycles. The molecule has 1 N–H and O–H groups in total. The predicted octanol–water partition coefficient (Wildman–Crippen LogP) is 6.93. The second kappa shape index (κ2) is 11.7. The summed E-state index contributed by atoms with van der Waals surface area (Å²) < 4.78 is 95.1. The molecule has 9 heteroatoms. The molecular weight excluding hydrogens is 474 g/mol. The molecule has 35 heavy (non-hydrogen) atoms. The number of aliphatic hydroxyl groups excluding tert-OH is 1. The minimum absolute atomic E-state index is 0.00663. The lowest BCUT2D eigenvalue weighted by molar-refractivity contribution is -0.117. The van der Waals surface area contributed by atoms with E-state index in [-0.39, 0.29) is 29.2 Å². The van der Waals surface area contributed by atoms with Gasteiger partial charge in [0.05, 0.1) is 18.8 Å². The van der Waals surface area contributed by atoms with E-state index in [1.54, 1.807) is 0 Å². The smallest absolute Gasteiger partial charge is 0.194 e. The van der Waals surface area contributed by atoms with Gasteiger partial charge < -0.3 is 14.6 Å². The molecule has 0 amide bonds. The van der Waals surface area contributed by atoms with Crippen LogP contribution in [-0.2, 0) is 9.47 Å². The first kappa shape index (κ1) is 26.7. The lowest BCUT2D eigenvalue weighted by atomic mass is 9.97. The van der Waals surface area contributed by atoms with Gasteiger partial charge in [-0.25, -0.2) is 26.3 Å². The molecule has 0 aromatic heterocycles. The average Bonchev–Trinajstić information content (AvgIpc) is 2.80. The van der Waals surface area contributed by atoms with Crippen molar-refractivity contribution < 1.29 is 40.9 Å². The highest BCUT2D eigenvalue weighted by Crippen LogP contribution is 2.34. The summed E-state index contributed by atoms with van der Waals surface area (Å²) in [5, 5.41) is 10.2. The molecule has 3 aromatic carbocycles. The van der Waals surface area contributed by atoms with Crippen LogP contribution in [0, 0.1) is 40.8 Å². The van der Waals surface area contributed by atoms with Gasteiger partial charge in [-0.3, -0.25) is 0 Å². The van der Waals surface area contributed by atoms with E-state index in [2.05, 4.69) is 0 Å². The molecule has 0 radical (unpaired) electrons. The van der Waals surface area contributed by atoms with E-state index in [9.17, 15) is 31.4 Å². The van der Waals surface area contributed by atoms with Crippen LogP contribution in [0.3, 0.4) is 0 Å². The van der Waals surface area contributed by atoms with Crippen molar-refractivity contribution in [3.05, 3.63) is 82.9 Å². The molecule has 3 nitrogen and oxygen atoms in total. The Kier molecular flexibility index (Phi) is 8.93. The Morgan fingerprint density at radius 1 is 0.771 bits per heavy atom. The van der Waals surface area contributed by atoms with Gasteiger partial charge in [0.1, 0.15) is 17.5 Å². The molecule has 3 aromatic rings. The summed E-state index contributed by atoms with van der Waals surface area (Å²) in [5.41, 5.74) is -1.60. The largest absolute Gasteiger partial charge is 0.381 e. The van der Waals surface area contributed by atoms with Gasteiger partial charge in [0.15, 0.2) is 23.7 Å². The molecule has 0 saturated heterocycles. The van der Waals surface area contributed by atoms with Gasteiger partial charge in [0, 0.05) is 23.7 Å². The van der Waals surface area contributed by atoms with Gasteiger partial charge in [0.2, 0.25) is 0 Å². The third kappa shape index (κ3) is 6.42. The first-order valence-electron chi connectivity index (χ1n) is 10.9. The Labute approximate surface area is 198 Å². The third-order valence-electron chi connectivity index (χ3n) is 5.19. The number of hydrogen-bond acceptors (Lipinski definition) is 3. The van der Waals surface area contributed by atoms with E-state index in [4.69, 9.17) is 9.47 Å². The van der Waals surface area contributed by atoms with Crippen LogP contribution in [0.2, 0.25) is 0 Å². The van der Waals surface area contributed by atoms with Crippen molar-refractivity contribution in [2.45, 2.75) is 26.6 Å². The van der Waals surface area contributed by atoms with E-state index in [0.717, 1.165) is 24.6 Å². The van der Waals surface area contributed by atoms with Crippen LogP contribution >= 0.6 is 0 Å². The van der Waals surface area contributed by atoms with E-state index in [0.29, 0.717) is 25.3 Å². The van der Waals surface area contributed by atoms with E-state index in [1.165, 1.54) is 12.1 Å². The maximum atomic E-state index is 14.8. The molecule has 0 aliphatic carbocycles. The first-order valence-corrected chi connectivity index (χ1v) is 10.9. The molecular formula is C26H24F6O3. The normalized spacial score (nSPS) is 13.2. The lowest BCUT2D eigenvalue weighted by Gasteiger charge is -2.17. The molecule has 0 heterocycles. The number of aliphatic hydroxyl groups is 1. The fourth-order valence-electron chi connectivity index (χ4n) is 3.45. The van der Waals surface area contributed by atoms with Crippen molar-refractivity contribution in [2.24, 2.45) is 5.92 Å². The maximum absolute atomic E-state index is 14.8. The van der Waals surface area contributed by atoms with Crippen LogP contribution in [0.15, 0.2) is 42.5 Å². The Morgan fingerprint density at radius 3 is 1.94 bits per heavy atom. The van der Waals surface area contributed by atoms with Crippen molar-refractivity contribution in [2.75, 3.05) is 19.8 Å². The predicted molar refractivity (Wildman–Crippen MR) is 118 cm³/mol. The van der Waals surface area contributed by atoms with Crippen LogP contribution in [-0.4, -0.2) is 24.9 Å². The number of halogens is 6. The quantitative estimate of drug-likeness (QED) is 0.143. The zero-order chi connectivity index (χ0) is 25.7. The standard InChI is InChI=1S/C26H24F6O3/c1-3-6-34-12-14(2)13-35-26(33)15-4-5-18(19(27)7-15)16-8-20(28)24(21(29)9-16)17-10-22(30)25(32)23(31)11-17/h4-5,7-11,14,26,33H,3,6,12-13H2,1-2H3. The van der Waals surface area contributed by atoms with E-state index >= 15 is 0 Å². The second-order valence-corrected chi connectivity index (χ2v) is 8.17. The summed E-state index contributed by atoms with van der Waals surface area (Å²) in [5.74, 6) is -8.31. The summed E-state index contributed by atoms with van der Waals surface area (Å²) in [4.78, 5) is 0. The van der Waals surface area contributed by atoms with Gasteiger partial charge in [0.25, 0.3) is 0 Å². The SMILES string of the molecule is CCCOCC(C)COC(O)c1ccc(-c2cc(F)c(-c3cc(F)c(F)c(F)c3)c(F)c2)c(F)c1. The van der Waals surface area contributed by atoms with Gasteiger partial charge in [-0.15, -0.1) is 0 Å². The van der Waals surface area contributed by atoms with Crippen molar-refractivity contribution in [3.8, 4) is 22.3 Å². The Bertz CT molecular complexity index is 1140. The maximum Gasteiger partial charge on any atom is 0.194 e. The van der Waals surface area contributed by atoms with Gasteiger partial charge in [-0.05, 0) is 47.9 Å². The minimum Gasteiger partial charge on any atom is -0.381 e. The van der Waals surface area contributed by atoms with Crippen LogP contribution in [0.5, 0.6) is 0 Å². The van der Waals surface area contributed by atoms with E-state index in [1.807, 2.05) is 13.8 Å². The molecule has 2 atom stereocenters. The Morgan fingerprint density at radius 2 is 1.37 bits per heavy atom. The number of rotatable bonds is 10. The minimum atomic E-state index is -1.77. The topological polar surface area (TPSA) is 38.7 Å². The first-order chi connectivity index (χ1) is 16.6. The fourth-order valence-corrected chi connectivity index (χ4v) is 3.45. The summed E-state index contributed by atoms with van der Waals surface area (Å²) in [6.07, 6.45) is -0.548. The monoisotopic (exact) mass is 498 g/mol. The number of hydrogen-bond donors (Lipinski definition) is 1. The number of benzene rings is 3. The van der Waals surface area contributed by atoms with Crippen molar-refractivity contribution in [1.82, 2.24) is 0 Å². The van der Waals surface area contributed by atoms with Crippen molar-refractivity contribution >= 4 is 0 Å². The Hall–Kier alpha value is -2.88. The molecule has 188 valence electrons. The van der Waals surface area contributed by atoms with Crippen LogP contribution in [0.4, 0.5) is 26.3 Å². The summed E-state index contributed by atoms with van der Waals surface area (Å²) in [7, 11) is 0. The molecule has 0 aliphatic rings. The number of ether oxygens (including phenoxy) is 2. The zero-order valence-electron chi connectivity index (χ0n) is 19.1. The summed E-state index contributed by atoms with van der Waals surface area (Å²) >= 11 is 0. The highest BCUT2D eigenvalue weighted by Gasteiger charge is 2.20. The molecule has 0 aliphatic heterocycles. The molecule has 2 unspecified atom stereocenters. The molecule has 0 bridgehead atoms. The van der Waals surface area contributed by atoms with Gasteiger partial charge >= 0.3 is 0 Å². The molecule has 3 rings (SSSR count). The van der Waals surface area contributed by atoms with Gasteiger partial charge in [-0.1, -0.05) is 26.0 Å². The Balaban J connectivity index is 1.80. The van der Waals surface area contributed by atoms with Crippen LogP contribution in [0.25, 0.3) is 22.3 Å². The zero-order valence-corrected chi connectivity index (χ0v) is 19.1.